The molecule has 1 saturated heterocycles. The Labute approximate surface area is 114 Å². The van der Waals surface area contributed by atoms with Gasteiger partial charge < -0.3 is 9.30 Å². The molecular weight excluding hydrogens is 246 g/mol. The predicted molar refractivity (Wildman–Crippen MR) is 74.2 cm³/mol. The van der Waals surface area contributed by atoms with E-state index in [-0.39, 0.29) is 12.2 Å². The molecule has 0 bridgehead atoms. The summed E-state index contributed by atoms with van der Waals surface area (Å²) in [5, 5.41) is 7.39. The molecule has 4 nitrogen and oxygen atoms in total. The monoisotopic (exact) mass is 269 g/mol. The molecule has 1 fully saturated rings. The smallest absolute Gasteiger partial charge is 0.195 e. The number of aromatic nitrogens is 3. The van der Waals surface area contributed by atoms with Gasteiger partial charge in [-0.1, -0.05) is 20.8 Å². The molecule has 0 aromatic carbocycles. The Morgan fingerprint density at radius 1 is 1.33 bits per heavy atom. The highest BCUT2D eigenvalue weighted by atomic mass is 32.1. The Balaban J connectivity index is 2.36. The summed E-state index contributed by atoms with van der Waals surface area (Å²) in [6.45, 7) is 11.8. The third-order valence-corrected chi connectivity index (χ3v) is 4.19. The molecule has 0 spiro atoms. The van der Waals surface area contributed by atoms with Gasteiger partial charge in [0, 0.05) is 6.54 Å². The lowest BCUT2D eigenvalue weighted by Gasteiger charge is -2.19. The third kappa shape index (κ3) is 2.38. The molecule has 2 heterocycles. The van der Waals surface area contributed by atoms with Gasteiger partial charge >= 0.3 is 0 Å². The highest BCUT2D eigenvalue weighted by Crippen LogP contribution is 2.39. The first-order valence-corrected chi connectivity index (χ1v) is 7.13. The van der Waals surface area contributed by atoms with Crippen molar-refractivity contribution in [3.05, 3.63) is 10.6 Å². The summed E-state index contributed by atoms with van der Waals surface area (Å²) in [5.74, 6) is 2.40. The van der Waals surface area contributed by atoms with Crippen molar-refractivity contribution in [1.82, 2.24) is 14.8 Å². The van der Waals surface area contributed by atoms with Crippen molar-refractivity contribution in [2.75, 3.05) is 0 Å². The Bertz CT molecular complexity index is 465. The van der Waals surface area contributed by atoms with E-state index < -0.39 is 0 Å². The summed E-state index contributed by atoms with van der Waals surface area (Å²) < 4.78 is 8.77. The molecule has 2 rings (SSSR count). The van der Waals surface area contributed by atoms with Crippen LogP contribution in [0.15, 0.2) is 0 Å². The zero-order valence-electron chi connectivity index (χ0n) is 11.8. The van der Waals surface area contributed by atoms with Crippen molar-refractivity contribution in [2.24, 2.45) is 11.8 Å². The van der Waals surface area contributed by atoms with Crippen molar-refractivity contribution < 1.29 is 4.74 Å². The van der Waals surface area contributed by atoms with Gasteiger partial charge in [-0.25, -0.2) is 0 Å². The molecule has 102 valence electrons. The molecule has 1 N–H and O–H groups in total. The van der Waals surface area contributed by atoms with Crippen molar-refractivity contribution in [1.29, 1.82) is 0 Å². The van der Waals surface area contributed by atoms with E-state index in [1.807, 2.05) is 0 Å². The zero-order valence-corrected chi connectivity index (χ0v) is 12.6. The van der Waals surface area contributed by atoms with Crippen LogP contribution in [-0.2, 0) is 11.3 Å². The fraction of sp³-hybridized carbons (Fsp3) is 0.846. The highest BCUT2D eigenvalue weighted by Gasteiger charge is 2.40. The number of hydrogen-bond donors (Lipinski definition) is 1. The van der Waals surface area contributed by atoms with Gasteiger partial charge in [0.2, 0.25) is 0 Å². The predicted octanol–water partition coefficient (Wildman–Crippen LogP) is 3.12. The van der Waals surface area contributed by atoms with E-state index in [2.05, 4.69) is 49.4 Å². The first kappa shape index (κ1) is 13.7. The van der Waals surface area contributed by atoms with Gasteiger partial charge in [-0.2, -0.15) is 5.10 Å². The first-order valence-electron chi connectivity index (χ1n) is 6.72. The molecule has 0 amide bonds. The van der Waals surface area contributed by atoms with Gasteiger partial charge in [0.1, 0.15) is 5.82 Å². The maximum atomic E-state index is 5.91. The molecule has 18 heavy (non-hydrogen) atoms. The summed E-state index contributed by atoms with van der Waals surface area (Å²) in [7, 11) is 0. The second-order valence-electron chi connectivity index (χ2n) is 5.82. The van der Waals surface area contributed by atoms with Gasteiger partial charge in [0.25, 0.3) is 0 Å². The van der Waals surface area contributed by atoms with Gasteiger partial charge in [-0.15, -0.1) is 0 Å². The van der Waals surface area contributed by atoms with Crippen LogP contribution in [-0.4, -0.2) is 27.0 Å². The lowest BCUT2D eigenvalue weighted by Crippen LogP contribution is -2.21. The number of ether oxygens (including phenoxy) is 1. The number of nitrogens with zero attached hydrogens (tertiary/aromatic N) is 2. The molecule has 1 aliphatic heterocycles. The minimum Gasteiger partial charge on any atom is -0.374 e. The maximum Gasteiger partial charge on any atom is 0.195 e. The largest absolute Gasteiger partial charge is 0.374 e. The van der Waals surface area contributed by atoms with Gasteiger partial charge in [-0.05, 0) is 37.9 Å². The molecular formula is C13H23N3OS. The van der Waals surface area contributed by atoms with E-state index in [1.54, 1.807) is 0 Å². The SMILES string of the molecule is CC(C)Cn1c(C2C(C)OC(C)C2C)n[nH]c1=S. The minimum atomic E-state index is 0.200. The zero-order chi connectivity index (χ0) is 13.4. The fourth-order valence-corrected chi connectivity index (χ4v) is 3.05. The van der Waals surface area contributed by atoms with E-state index in [0.717, 1.165) is 17.1 Å². The van der Waals surface area contributed by atoms with E-state index in [4.69, 9.17) is 17.0 Å². The fourth-order valence-electron chi connectivity index (χ4n) is 2.84. The minimum absolute atomic E-state index is 0.200. The number of rotatable bonds is 3. The summed E-state index contributed by atoms with van der Waals surface area (Å²) in [6.07, 6.45) is 0.480. The normalized spacial score (nSPS) is 32.3. The standard InChI is InChI=1S/C13H23N3OS/c1-7(2)6-16-12(14-15-13(16)18)11-8(3)9(4)17-10(11)5/h7-11H,6H2,1-5H3,(H,15,18). The Morgan fingerprint density at radius 3 is 2.50 bits per heavy atom. The van der Waals surface area contributed by atoms with Gasteiger partial charge in [0.05, 0.1) is 18.1 Å². The molecule has 1 aliphatic rings. The van der Waals surface area contributed by atoms with Gasteiger partial charge in [0.15, 0.2) is 4.77 Å². The second kappa shape index (κ2) is 5.13. The molecule has 0 aliphatic carbocycles. The highest BCUT2D eigenvalue weighted by molar-refractivity contribution is 7.71. The molecule has 1 aromatic heterocycles. The van der Waals surface area contributed by atoms with E-state index in [9.17, 15) is 0 Å². The topological polar surface area (TPSA) is 42.8 Å². The molecule has 5 heteroatoms. The van der Waals surface area contributed by atoms with Crippen LogP contribution in [0.5, 0.6) is 0 Å². The van der Waals surface area contributed by atoms with E-state index in [1.165, 1.54) is 0 Å². The van der Waals surface area contributed by atoms with Crippen LogP contribution in [0.4, 0.5) is 0 Å². The number of aromatic amines is 1. The number of hydrogen-bond acceptors (Lipinski definition) is 3. The molecule has 0 radical (unpaired) electrons. The summed E-state index contributed by atoms with van der Waals surface area (Å²) in [6, 6.07) is 0. The second-order valence-corrected chi connectivity index (χ2v) is 6.21. The number of H-pyrrole nitrogens is 1. The Kier molecular flexibility index (Phi) is 3.92. The van der Waals surface area contributed by atoms with Crippen LogP contribution in [0.2, 0.25) is 0 Å². The maximum absolute atomic E-state index is 5.91. The Morgan fingerprint density at radius 2 is 2.00 bits per heavy atom. The van der Waals surface area contributed by atoms with Gasteiger partial charge in [-0.3, -0.25) is 5.10 Å². The van der Waals surface area contributed by atoms with Crippen LogP contribution < -0.4 is 0 Å². The third-order valence-electron chi connectivity index (χ3n) is 3.88. The van der Waals surface area contributed by atoms with Crippen molar-refractivity contribution in [3.63, 3.8) is 0 Å². The van der Waals surface area contributed by atoms with Crippen molar-refractivity contribution in [2.45, 2.75) is 59.3 Å². The average Bonchev–Trinajstić information content (AvgIpc) is 2.71. The van der Waals surface area contributed by atoms with Crippen LogP contribution in [0.1, 0.15) is 46.4 Å². The summed E-state index contributed by atoms with van der Waals surface area (Å²) in [5.41, 5.74) is 0. The van der Waals surface area contributed by atoms with E-state index >= 15 is 0 Å². The van der Waals surface area contributed by atoms with Crippen LogP contribution in [0.25, 0.3) is 0 Å². The first-order chi connectivity index (χ1) is 8.41. The quantitative estimate of drug-likeness (QED) is 0.857. The number of nitrogens with one attached hydrogen (secondary N) is 1. The van der Waals surface area contributed by atoms with Crippen LogP contribution in [0.3, 0.4) is 0 Å². The van der Waals surface area contributed by atoms with Crippen molar-refractivity contribution >= 4 is 12.2 Å². The summed E-state index contributed by atoms with van der Waals surface area (Å²) >= 11 is 5.34. The van der Waals surface area contributed by atoms with E-state index in [0.29, 0.717) is 17.8 Å². The Hall–Kier alpha value is -0.680. The van der Waals surface area contributed by atoms with Crippen LogP contribution in [0, 0.1) is 16.6 Å². The average molecular weight is 269 g/mol. The van der Waals surface area contributed by atoms with Crippen molar-refractivity contribution in [3.8, 4) is 0 Å². The molecule has 4 atom stereocenters. The molecule has 4 unspecified atom stereocenters. The lowest BCUT2D eigenvalue weighted by atomic mass is 9.89. The lowest BCUT2D eigenvalue weighted by molar-refractivity contribution is 0.0551. The molecule has 0 saturated carbocycles. The summed E-state index contributed by atoms with van der Waals surface area (Å²) in [4.78, 5) is 0. The molecule has 1 aromatic rings. The van der Waals surface area contributed by atoms with Crippen LogP contribution >= 0.6 is 12.2 Å².